The van der Waals surface area contributed by atoms with Crippen molar-refractivity contribution in [2.45, 2.75) is 78.1 Å². The summed E-state index contributed by atoms with van der Waals surface area (Å²) in [6, 6.07) is 0. The first kappa shape index (κ1) is 18.2. The van der Waals surface area contributed by atoms with Crippen LogP contribution in [-0.4, -0.2) is 35.2 Å². The Labute approximate surface area is 148 Å². The number of carbonyl (C=O) groups is 3. The van der Waals surface area contributed by atoms with Crippen LogP contribution in [0.1, 0.15) is 60.8 Å². The third-order valence-corrected chi connectivity index (χ3v) is 6.51. The predicted molar refractivity (Wildman–Crippen MR) is 88.3 cm³/mol. The van der Waals surface area contributed by atoms with E-state index in [4.69, 9.17) is 14.2 Å². The molecule has 2 bridgehead atoms. The van der Waals surface area contributed by atoms with Crippen molar-refractivity contribution >= 4 is 17.9 Å². The van der Waals surface area contributed by atoms with Crippen molar-refractivity contribution < 1.29 is 28.6 Å². The molecule has 1 aliphatic heterocycles. The second kappa shape index (κ2) is 5.45. The van der Waals surface area contributed by atoms with Gasteiger partial charge in [-0.05, 0) is 53.9 Å². The lowest BCUT2D eigenvalue weighted by Crippen LogP contribution is -2.52. The Hall–Kier alpha value is -1.59. The van der Waals surface area contributed by atoms with Crippen LogP contribution in [0.25, 0.3) is 0 Å². The van der Waals surface area contributed by atoms with Gasteiger partial charge in [-0.25, -0.2) is 4.79 Å². The van der Waals surface area contributed by atoms with Crippen LogP contribution in [-0.2, 0) is 28.6 Å². The van der Waals surface area contributed by atoms with Gasteiger partial charge in [0.1, 0.15) is 11.7 Å². The molecule has 3 aliphatic rings. The van der Waals surface area contributed by atoms with Crippen LogP contribution < -0.4 is 0 Å². The highest BCUT2D eigenvalue weighted by Gasteiger charge is 2.69. The largest absolute Gasteiger partial charge is 0.458 e. The highest BCUT2D eigenvalue weighted by atomic mass is 16.6. The summed E-state index contributed by atoms with van der Waals surface area (Å²) < 4.78 is 16.8. The first-order valence-electron chi connectivity index (χ1n) is 9.10. The Balaban J connectivity index is 1.72. The average molecular weight is 352 g/mol. The summed E-state index contributed by atoms with van der Waals surface area (Å²) in [7, 11) is 0. The van der Waals surface area contributed by atoms with Crippen molar-refractivity contribution in [1.82, 2.24) is 0 Å². The summed E-state index contributed by atoms with van der Waals surface area (Å²) in [6.45, 7) is 10.4. The molecule has 3 fully saturated rings. The van der Waals surface area contributed by atoms with Gasteiger partial charge < -0.3 is 14.2 Å². The van der Waals surface area contributed by atoms with Gasteiger partial charge in [-0.1, -0.05) is 6.92 Å². The van der Waals surface area contributed by atoms with Crippen molar-refractivity contribution in [3.05, 3.63) is 0 Å². The van der Waals surface area contributed by atoms with Gasteiger partial charge in [0, 0.05) is 11.8 Å². The summed E-state index contributed by atoms with van der Waals surface area (Å²) in [6.07, 6.45) is 1.77. The van der Waals surface area contributed by atoms with E-state index in [-0.39, 0.29) is 29.8 Å². The highest BCUT2D eigenvalue weighted by molar-refractivity contribution is 5.85. The van der Waals surface area contributed by atoms with E-state index >= 15 is 0 Å². The first-order valence-corrected chi connectivity index (χ1v) is 9.10. The molecule has 25 heavy (non-hydrogen) atoms. The lowest BCUT2D eigenvalue weighted by atomic mass is 9.79. The fourth-order valence-corrected chi connectivity index (χ4v) is 4.24. The van der Waals surface area contributed by atoms with Gasteiger partial charge in [0.05, 0.1) is 11.3 Å². The molecule has 0 N–H and O–H groups in total. The highest BCUT2D eigenvalue weighted by Crippen LogP contribution is 2.60. The van der Waals surface area contributed by atoms with E-state index in [0.717, 1.165) is 6.42 Å². The number of esters is 3. The van der Waals surface area contributed by atoms with Gasteiger partial charge >= 0.3 is 17.9 Å². The number of ether oxygens (including phenoxy) is 3. The summed E-state index contributed by atoms with van der Waals surface area (Å²) in [5, 5.41) is 0. The molecule has 0 aromatic carbocycles. The van der Waals surface area contributed by atoms with E-state index in [0.29, 0.717) is 12.8 Å². The smallest absolute Gasteiger partial charge is 0.350 e. The molecule has 6 heteroatoms. The Kier molecular flexibility index (Phi) is 3.97. The summed E-state index contributed by atoms with van der Waals surface area (Å²) >= 11 is 0. The molecule has 0 radical (unpaired) electrons. The third kappa shape index (κ3) is 2.64. The van der Waals surface area contributed by atoms with Crippen molar-refractivity contribution in [3.8, 4) is 0 Å². The van der Waals surface area contributed by atoms with Gasteiger partial charge in [-0.15, -0.1) is 0 Å². The Morgan fingerprint density at radius 2 is 1.84 bits per heavy atom. The molecule has 2 saturated carbocycles. The Morgan fingerprint density at radius 1 is 1.20 bits per heavy atom. The maximum atomic E-state index is 12.8. The minimum absolute atomic E-state index is 0.0435. The molecule has 0 aromatic heterocycles. The number of fused-ring (bicyclic) bond motifs is 1. The van der Waals surface area contributed by atoms with Crippen LogP contribution in [0.15, 0.2) is 0 Å². The lowest BCUT2D eigenvalue weighted by molar-refractivity contribution is -0.204. The SMILES string of the molecule is CCC(C)(C)C(=O)OC(C)(C)C(=O)OC1(C)C2CC3C(=O)OC1C3C2. The van der Waals surface area contributed by atoms with Crippen LogP contribution in [0, 0.1) is 23.2 Å². The van der Waals surface area contributed by atoms with E-state index < -0.39 is 28.6 Å². The van der Waals surface area contributed by atoms with Gasteiger partial charge in [0.25, 0.3) is 0 Å². The molecular formula is C19H28O6. The molecule has 0 aromatic rings. The molecule has 1 saturated heterocycles. The van der Waals surface area contributed by atoms with Crippen LogP contribution in [0.2, 0.25) is 0 Å². The molecule has 5 atom stereocenters. The molecule has 5 unspecified atom stereocenters. The monoisotopic (exact) mass is 352 g/mol. The lowest BCUT2D eigenvalue weighted by Gasteiger charge is -2.38. The van der Waals surface area contributed by atoms with Crippen LogP contribution >= 0.6 is 0 Å². The second-order valence-electron chi connectivity index (χ2n) is 9.01. The molecule has 2 aliphatic carbocycles. The zero-order chi connectivity index (χ0) is 18.8. The van der Waals surface area contributed by atoms with Crippen LogP contribution in [0.5, 0.6) is 0 Å². The van der Waals surface area contributed by atoms with E-state index in [1.54, 1.807) is 27.7 Å². The van der Waals surface area contributed by atoms with Gasteiger partial charge in [-0.2, -0.15) is 0 Å². The normalized spacial score (nSPS) is 36.3. The predicted octanol–water partition coefficient (Wildman–Crippen LogP) is 2.63. The van der Waals surface area contributed by atoms with Crippen molar-refractivity contribution in [3.63, 3.8) is 0 Å². The van der Waals surface area contributed by atoms with E-state index in [1.807, 2.05) is 13.8 Å². The maximum absolute atomic E-state index is 12.8. The van der Waals surface area contributed by atoms with E-state index in [2.05, 4.69) is 0 Å². The van der Waals surface area contributed by atoms with Crippen molar-refractivity contribution in [1.29, 1.82) is 0 Å². The zero-order valence-electron chi connectivity index (χ0n) is 15.9. The Bertz CT molecular complexity index is 621. The van der Waals surface area contributed by atoms with E-state index in [9.17, 15) is 14.4 Å². The molecule has 140 valence electrons. The summed E-state index contributed by atoms with van der Waals surface area (Å²) in [5.74, 6) is -0.989. The molecule has 3 rings (SSSR count). The number of hydrogen-bond acceptors (Lipinski definition) is 6. The van der Waals surface area contributed by atoms with Crippen LogP contribution in [0.4, 0.5) is 0 Å². The Morgan fingerprint density at radius 3 is 2.44 bits per heavy atom. The number of rotatable bonds is 5. The zero-order valence-corrected chi connectivity index (χ0v) is 15.9. The average Bonchev–Trinajstić information content (AvgIpc) is 3.12. The molecule has 0 amide bonds. The summed E-state index contributed by atoms with van der Waals surface area (Å²) in [4.78, 5) is 37.0. The van der Waals surface area contributed by atoms with Gasteiger partial charge in [0.15, 0.2) is 0 Å². The quantitative estimate of drug-likeness (QED) is 0.559. The number of hydrogen-bond donors (Lipinski definition) is 0. The molecular weight excluding hydrogens is 324 g/mol. The van der Waals surface area contributed by atoms with Crippen LogP contribution in [0.3, 0.4) is 0 Å². The maximum Gasteiger partial charge on any atom is 0.350 e. The molecule has 0 spiro atoms. The van der Waals surface area contributed by atoms with Crippen molar-refractivity contribution in [2.24, 2.45) is 23.2 Å². The molecule has 6 nitrogen and oxygen atoms in total. The fourth-order valence-electron chi connectivity index (χ4n) is 4.24. The van der Waals surface area contributed by atoms with Gasteiger partial charge in [0.2, 0.25) is 5.60 Å². The van der Waals surface area contributed by atoms with Gasteiger partial charge in [-0.3, -0.25) is 9.59 Å². The van der Waals surface area contributed by atoms with E-state index in [1.165, 1.54) is 0 Å². The topological polar surface area (TPSA) is 78.9 Å². The number of carbonyl (C=O) groups excluding carboxylic acids is 3. The molecule has 1 heterocycles. The third-order valence-electron chi connectivity index (χ3n) is 6.51. The fraction of sp³-hybridized carbons (Fsp3) is 0.842. The standard InChI is InChI=1S/C19H28O6/c1-7-17(2,3)15(21)24-18(4,5)16(22)25-19(6)10-8-11-12(9-10)14(20)23-13(11)19/h10-13H,7-9H2,1-6H3. The second-order valence-corrected chi connectivity index (χ2v) is 9.01. The minimum atomic E-state index is -1.39. The first-order chi connectivity index (χ1) is 11.4. The van der Waals surface area contributed by atoms with Crippen molar-refractivity contribution in [2.75, 3.05) is 0 Å². The minimum Gasteiger partial charge on any atom is -0.458 e. The summed E-state index contributed by atoms with van der Waals surface area (Å²) in [5.41, 5.74) is -2.90.